The number of para-hydroxylation sites is 1. The van der Waals surface area contributed by atoms with Crippen molar-refractivity contribution >= 4 is 27.0 Å². The van der Waals surface area contributed by atoms with Crippen LogP contribution >= 0.6 is 11.3 Å². The number of benzene rings is 1. The molecule has 20 heavy (non-hydrogen) atoms. The average molecular weight is 310 g/mol. The summed E-state index contributed by atoms with van der Waals surface area (Å²) in [6, 6.07) is 10.9. The molecule has 0 saturated carbocycles. The molecule has 0 aliphatic rings. The Morgan fingerprint density at radius 1 is 1.15 bits per heavy atom. The number of sulfonamides is 1. The number of aryl methyl sites for hydroxylation is 1. The first-order valence-electron chi connectivity index (χ1n) is 6.29. The van der Waals surface area contributed by atoms with Gasteiger partial charge in [-0.1, -0.05) is 18.2 Å². The van der Waals surface area contributed by atoms with Crippen LogP contribution in [0.4, 0.5) is 5.69 Å². The smallest absolute Gasteiger partial charge is 0.271 e. The molecule has 0 aliphatic heterocycles. The minimum atomic E-state index is -3.52. The summed E-state index contributed by atoms with van der Waals surface area (Å²) in [5.74, 6) is 0. The first kappa shape index (κ1) is 15.0. The third-order valence-electron chi connectivity index (χ3n) is 3.09. The van der Waals surface area contributed by atoms with E-state index in [0.29, 0.717) is 9.90 Å². The van der Waals surface area contributed by atoms with Crippen LogP contribution < -0.4 is 10.0 Å². The van der Waals surface area contributed by atoms with Crippen molar-refractivity contribution in [3.8, 4) is 0 Å². The molecule has 2 N–H and O–H groups in total. The Labute approximate surface area is 123 Å². The molecular weight excluding hydrogens is 292 g/mol. The van der Waals surface area contributed by atoms with E-state index in [2.05, 4.69) is 10.0 Å². The van der Waals surface area contributed by atoms with Gasteiger partial charge < -0.3 is 5.32 Å². The fraction of sp³-hybridized carbons (Fsp3) is 0.286. The molecular formula is C14H18N2O2S2. The predicted molar refractivity (Wildman–Crippen MR) is 83.8 cm³/mol. The molecule has 4 nitrogen and oxygen atoms in total. The quantitative estimate of drug-likeness (QED) is 0.892. The van der Waals surface area contributed by atoms with E-state index >= 15 is 0 Å². The van der Waals surface area contributed by atoms with Crippen molar-refractivity contribution in [2.24, 2.45) is 0 Å². The van der Waals surface area contributed by atoms with E-state index in [-0.39, 0.29) is 6.04 Å². The minimum Gasteiger partial charge on any atom is -0.313 e. The average Bonchev–Trinajstić information content (AvgIpc) is 2.86. The maximum absolute atomic E-state index is 12.4. The van der Waals surface area contributed by atoms with Gasteiger partial charge in [0.2, 0.25) is 0 Å². The fourth-order valence-electron chi connectivity index (χ4n) is 1.87. The van der Waals surface area contributed by atoms with Gasteiger partial charge in [-0.15, -0.1) is 11.3 Å². The summed E-state index contributed by atoms with van der Waals surface area (Å²) in [5, 5.41) is 3.12. The summed E-state index contributed by atoms with van der Waals surface area (Å²) in [4.78, 5) is 0.974. The normalized spacial score (nSPS) is 13.2. The van der Waals surface area contributed by atoms with Crippen molar-refractivity contribution in [2.75, 3.05) is 11.8 Å². The second kappa shape index (κ2) is 5.95. The molecule has 1 heterocycles. The van der Waals surface area contributed by atoms with Crippen molar-refractivity contribution in [2.45, 2.75) is 24.1 Å². The predicted octanol–water partition coefficient (Wildman–Crippen LogP) is 3.14. The van der Waals surface area contributed by atoms with Gasteiger partial charge in [0.15, 0.2) is 0 Å². The first-order valence-corrected chi connectivity index (χ1v) is 8.59. The Bertz CT molecular complexity index is 693. The van der Waals surface area contributed by atoms with Gasteiger partial charge in [0.25, 0.3) is 10.0 Å². The lowest BCUT2D eigenvalue weighted by Gasteiger charge is -2.16. The maximum atomic E-state index is 12.4. The molecule has 2 aromatic rings. The Morgan fingerprint density at radius 3 is 2.45 bits per heavy atom. The number of hydrogen-bond donors (Lipinski definition) is 2. The van der Waals surface area contributed by atoms with E-state index in [1.807, 2.05) is 39.1 Å². The van der Waals surface area contributed by atoms with Crippen LogP contribution in [0.25, 0.3) is 0 Å². The molecule has 0 radical (unpaired) electrons. The molecule has 0 spiro atoms. The van der Waals surface area contributed by atoms with E-state index in [1.165, 1.54) is 11.3 Å². The van der Waals surface area contributed by atoms with Gasteiger partial charge in [0.1, 0.15) is 4.21 Å². The van der Waals surface area contributed by atoms with Crippen LogP contribution in [0.3, 0.4) is 0 Å². The SMILES string of the molecule is CNC(C)c1ccccc1NS(=O)(=O)c1ccc(C)s1. The zero-order valence-corrected chi connectivity index (χ0v) is 13.3. The third-order valence-corrected chi connectivity index (χ3v) is 5.94. The van der Waals surface area contributed by atoms with Gasteiger partial charge in [-0.25, -0.2) is 8.42 Å². The summed E-state index contributed by atoms with van der Waals surface area (Å²) in [5.41, 5.74) is 1.53. The van der Waals surface area contributed by atoms with Crippen molar-refractivity contribution in [1.82, 2.24) is 5.32 Å². The maximum Gasteiger partial charge on any atom is 0.271 e. The first-order chi connectivity index (χ1) is 9.44. The Kier molecular flexibility index (Phi) is 4.47. The number of anilines is 1. The molecule has 6 heteroatoms. The van der Waals surface area contributed by atoms with Crippen LogP contribution in [0.15, 0.2) is 40.6 Å². The lowest BCUT2D eigenvalue weighted by atomic mass is 10.1. The Morgan fingerprint density at radius 2 is 1.85 bits per heavy atom. The van der Waals surface area contributed by atoms with E-state index in [0.717, 1.165) is 10.4 Å². The van der Waals surface area contributed by atoms with Crippen LogP contribution in [0, 0.1) is 6.92 Å². The number of nitrogens with one attached hydrogen (secondary N) is 2. The monoisotopic (exact) mass is 310 g/mol. The van der Waals surface area contributed by atoms with E-state index in [9.17, 15) is 8.42 Å². The van der Waals surface area contributed by atoms with Crippen LogP contribution in [-0.2, 0) is 10.0 Å². The van der Waals surface area contributed by atoms with Gasteiger partial charge in [-0.3, -0.25) is 4.72 Å². The molecule has 0 aliphatic carbocycles. The largest absolute Gasteiger partial charge is 0.313 e. The number of rotatable bonds is 5. The van der Waals surface area contributed by atoms with Crippen molar-refractivity contribution in [3.05, 3.63) is 46.8 Å². The lowest BCUT2D eigenvalue weighted by Crippen LogP contribution is -2.17. The fourth-order valence-corrected chi connectivity index (χ4v) is 4.25. The summed E-state index contributed by atoms with van der Waals surface area (Å²) in [7, 11) is -1.67. The highest BCUT2D eigenvalue weighted by atomic mass is 32.2. The number of hydrogen-bond acceptors (Lipinski definition) is 4. The summed E-state index contributed by atoms with van der Waals surface area (Å²) in [6.07, 6.45) is 0. The molecule has 1 unspecified atom stereocenters. The Hall–Kier alpha value is -1.37. The van der Waals surface area contributed by atoms with E-state index < -0.39 is 10.0 Å². The van der Waals surface area contributed by atoms with Crippen LogP contribution in [0.1, 0.15) is 23.4 Å². The lowest BCUT2D eigenvalue weighted by molar-refractivity contribution is 0.602. The summed E-state index contributed by atoms with van der Waals surface area (Å²) < 4.78 is 27.7. The molecule has 2 rings (SSSR count). The molecule has 0 saturated heterocycles. The highest BCUT2D eigenvalue weighted by Gasteiger charge is 2.18. The number of thiophene rings is 1. The highest BCUT2D eigenvalue weighted by Crippen LogP contribution is 2.27. The summed E-state index contributed by atoms with van der Waals surface area (Å²) in [6.45, 7) is 3.88. The van der Waals surface area contributed by atoms with Gasteiger partial charge in [0, 0.05) is 10.9 Å². The minimum absolute atomic E-state index is 0.0685. The van der Waals surface area contributed by atoms with E-state index in [1.54, 1.807) is 18.2 Å². The zero-order chi connectivity index (χ0) is 14.8. The molecule has 1 atom stereocenters. The van der Waals surface area contributed by atoms with Crippen molar-refractivity contribution < 1.29 is 8.42 Å². The highest BCUT2D eigenvalue weighted by molar-refractivity contribution is 7.94. The van der Waals surface area contributed by atoms with Crippen LogP contribution in [-0.4, -0.2) is 15.5 Å². The zero-order valence-electron chi connectivity index (χ0n) is 11.7. The molecule has 0 amide bonds. The molecule has 1 aromatic heterocycles. The molecule has 1 aromatic carbocycles. The molecule has 0 bridgehead atoms. The van der Waals surface area contributed by atoms with Gasteiger partial charge in [-0.2, -0.15) is 0 Å². The van der Waals surface area contributed by atoms with Gasteiger partial charge in [0.05, 0.1) is 5.69 Å². The standard InChI is InChI=1S/C14H18N2O2S2/c1-10-8-9-14(19-10)20(17,18)16-13-7-5-4-6-12(13)11(2)15-3/h4-9,11,15-16H,1-3H3. The molecule has 108 valence electrons. The second-order valence-corrected chi connectivity index (χ2v) is 7.77. The van der Waals surface area contributed by atoms with E-state index in [4.69, 9.17) is 0 Å². The van der Waals surface area contributed by atoms with Gasteiger partial charge in [-0.05, 0) is 44.7 Å². The topological polar surface area (TPSA) is 58.2 Å². The van der Waals surface area contributed by atoms with Gasteiger partial charge >= 0.3 is 0 Å². The second-order valence-electron chi connectivity index (χ2n) is 4.57. The third kappa shape index (κ3) is 3.20. The van der Waals surface area contributed by atoms with Crippen molar-refractivity contribution in [1.29, 1.82) is 0 Å². The van der Waals surface area contributed by atoms with Crippen molar-refractivity contribution in [3.63, 3.8) is 0 Å². The van der Waals surface area contributed by atoms with Crippen LogP contribution in [0.5, 0.6) is 0 Å². The van der Waals surface area contributed by atoms with Crippen LogP contribution in [0.2, 0.25) is 0 Å². The summed E-state index contributed by atoms with van der Waals surface area (Å²) >= 11 is 1.27. The Balaban J connectivity index is 2.35. The molecule has 0 fully saturated rings.